The number of aromatic nitrogens is 3. The molecule has 24 heavy (non-hydrogen) atoms. The average Bonchev–Trinajstić information content (AvgIpc) is 2.46. The smallest absolute Gasteiger partial charge is 0.335 e. The maximum atomic E-state index is 12.2. The number of rotatable bonds is 4. The zero-order chi connectivity index (χ0) is 17.0. The SMILES string of the molecule is COc1nc(C)nc(NC(=O)NS(=O)(=O)c2ccccc2I)n1.[K]. The van der Waals surface area contributed by atoms with Crippen LogP contribution in [0.4, 0.5) is 10.7 Å². The molecule has 0 bridgehead atoms. The summed E-state index contributed by atoms with van der Waals surface area (Å²) in [6.07, 6.45) is 0. The third-order valence-corrected chi connectivity index (χ3v) is 5.18. The van der Waals surface area contributed by atoms with Crippen LogP contribution < -0.4 is 14.8 Å². The van der Waals surface area contributed by atoms with Crippen LogP contribution in [-0.2, 0) is 10.0 Å². The first-order chi connectivity index (χ1) is 10.8. The van der Waals surface area contributed by atoms with Crippen molar-refractivity contribution in [3.05, 3.63) is 33.7 Å². The normalized spacial score (nSPS) is 10.5. The molecule has 123 valence electrons. The van der Waals surface area contributed by atoms with Gasteiger partial charge in [0.05, 0.1) is 7.11 Å². The van der Waals surface area contributed by atoms with E-state index in [2.05, 4.69) is 20.3 Å². The molecule has 1 aromatic heterocycles. The van der Waals surface area contributed by atoms with Gasteiger partial charge >= 0.3 is 12.0 Å². The van der Waals surface area contributed by atoms with Gasteiger partial charge < -0.3 is 4.74 Å². The first-order valence-corrected chi connectivity index (χ1v) is 8.73. The van der Waals surface area contributed by atoms with Crippen molar-refractivity contribution in [2.45, 2.75) is 11.8 Å². The molecule has 0 aliphatic carbocycles. The van der Waals surface area contributed by atoms with Crippen molar-refractivity contribution < 1.29 is 17.9 Å². The van der Waals surface area contributed by atoms with E-state index < -0.39 is 16.1 Å². The second kappa shape index (κ2) is 9.35. The third-order valence-electron chi connectivity index (χ3n) is 2.49. The maximum Gasteiger partial charge on any atom is 0.335 e. The molecule has 2 rings (SSSR count). The topological polar surface area (TPSA) is 123 Å². The minimum absolute atomic E-state index is 0. The fraction of sp³-hybridized carbons (Fsp3) is 0.167. The van der Waals surface area contributed by atoms with E-state index in [9.17, 15) is 13.2 Å². The molecule has 2 aromatic rings. The molecule has 2 amide bonds. The molecule has 1 aromatic carbocycles. The number of amides is 2. The van der Waals surface area contributed by atoms with E-state index in [0.717, 1.165) is 0 Å². The number of carbonyl (C=O) groups is 1. The van der Waals surface area contributed by atoms with Crippen LogP contribution in [-0.4, -0.2) is 87.9 Å². The number of carbonyl (C=O) groups excluding carboxylic acids is 1. The van der Waals surface area contributed by atoms with Crippen molar-refractivity contribution in [2.24, 2.45) is 0 Å². The molecule has 0 saturated heterocycles. The van der Waals surface area contributed by atoms with Gasteiger partial charge in [-0.15, -0.1) is 0 Å². The van der Waals surface area contributed by atoms with Crippen LogP contribution in [0, 0.1) is 10.5 Å². The summed E-state index contributed by atoms with van der Waals surface area (Å²) in [5.41, 5.74) is 0. The van der Waals surface area contributed by atoms with E-state index in [-0.39, 0.29) is 68.2 Å². The van der Waals surface area contributed by atoms with Crippen LogP contribution >= 0.6 is 22.6 Å². The molecular weight excluding hydrogens is 476 g/mol. The van der Waals surface area contributed by atoms with Crippen molar-refractivity contribution in [3.63, 3.8) is 0 Å². The van der Waals surface area contributed by atoms with Crippen LogP contribution in [0.5, 0.6) is 6.01 Å². The fourth-order valence-electron chi connectivity index (χ4n) is 1.57. The van der Waals surface area contributed by atoms with Gasteiger partial charge in [-0.25, -0.2) is 17.9 Å². The van der Waals surface area contributed by atoms with Crippen molar-refractivity contribution in [3.8, 4) is 6.01 Å². The minimum Gasteiger partial charge on any atom is -0.467 e. The number of urea groups is 1. The van der Waals surface area contributed by atoms with Crippen molar-refractivity contribution in [1.29, 1.82) is 0 Å². The van der Waals surface area contributed by atoms with Crippen LogP contribution in [0.25, 0.3) is 0 Å². The Kier molecular flexibility index (Phi) is 8.44. The molecule has 0 saturated carbocycles. The number of nitrogens with zero attached hydrogens (tertiary/aromatic N) is 3. The van der Waals surface area contributed by atoms with Crippen molar-refractivity contribution in [2.75, 3.05) is 12.4 Å². The van der Waals surface area contributed by atoms with E-state index in [1.54, 1.807) is 25.1 Å². The van der Waals surface area contributed by atoms with Gasteiger partial charge in [-0.05, 0) is 41.6 Å². The number of sulfonamides is 1. The Morgan fingerprint density at radius 1 is 1.21 bits per heavy atom. The molecule has 1 heterocycles. The zero-order valence-corrected chi connectivity index (χ0v) is 19.2. The van der Waals surface area contributed by atoms with Gasteiger partial charge in [0, 0.05) is 55.0 Å². The number of ether oxygens (including phenoxy) is 1. The minimum atomic E-state index is -4.01. The second-order valence-corrected chi connectivity index (χ2v) is 7.00. The van der Waals surface area contributed by atoms with E-state index in [0.29, 0.717) is 9.39 Å². The molecule has 0 fully saturated rings. The fourth-order valence-corrected chi connectivity index (χ4v) is 3.82. The van der Waals surface area contributed by atoms with Gasteiger partial charge in [0.25, 0.3) is 10.0 Å². The largest absolute Gasteiger partial charge is 0.467 e. The standard InChI is InChI=1S/C12H12IN5O4S.K/c1-7-14-10(17-12(15-7)22-2)16-11(19)18-23(20,21)9-6-4-3-5-8(9)13;/h3-6H,1-2H3,(H2,14,15,16,17,18,19);. The number of methoxy groups -OCH3 is 1. The number of benzene rings is 1. The van der Waals surface area contributed by atoms with Gasteiger partial charge in [-0.2, -0.15) is 15.0 Å². The Bertz CT molecular complexity index is 849. The number of hydrogen-bond acceptors (Lipinski definition) is 7. The molecule has 9 nitrogen and oxygen atoms in total. The molecule has 0 unspecified atom stereocenters. The van der Waals surface area contributed by atoms with Crippen LogP contribution in [0.1, 0.15) is 5.82 Å². The van der Waals surface area contributed by atoms with Gasteiger partial charge in [0.15, 0.2) is 0 Å². The Morgan fingerprint density at radius 3 is 2.50 bits per heavy atom. The molecule has 0 atom stereocenters. The molecule has 12 heteroatoms. The molecular formula is C12H12IKN5O4S. The summed E-state index contributed by atoms with van der Waals surface area (Å²) in [5, 5.41) is 2.23. The van der Waals surface area contributed by atoms with Crippen molar-refractivity contribution in [1.82, 2.24) is 19.7 Å². The van der Waals surface area contributed by atoms with Gasteiger partial charge in [0.2, 0.25) is 5.95 Å². The van der Waals surface area contributed by atoms with Crippen molar-refractivity contribution >= 4 is 96.0 Å². The van der Waals surface area contributed by atoms with Gasteiger partial charge in [-0.3, -0.25) is 5.32 Å². The first kappa shape index (κ1) is 21.7. The summed E-state index contributed by atoms with van der Waals surface area (Å²) in [5.74, 6) is 0.192. The van der Waals surface area contributed by atoms with E-state index in [1.807, 2.05) is 27.3 Å². The van der Waals surface area contributed by atoms with Gasteiger partial charge in [0.1, 0.15) is 10.7 Å². The summed E-state index contributed by atoms with van der Waals surface area (Å²) in [6.45, 7) is 1.58. The second-order valence-electron chi connectivity index (χ2n) is 4.18. The number of nitrogens with one attached hydrogen (secondary N) is 2. The number of anilines is 1. The summed E-state index contributed by atoms with van der Waals surface area (Å²) < 4.78 is 31.6. The summed E-state index contributed by atoms with van der Waals surface area (Å²) in [6, 6.07) is 5.29. The quantitative estimate of drug-likeness (QED) is 0.485. The Labute approximate surface area is 195 Å². The number of hydrogen-bond donors (Lipinski definition) is 2. The Balaban J connectivity index is 0.00000288. The molecule has 0 spiro atoms. The zero-order valence-electron chi connectivity index (χ0n) is 13.1. The number of aryl methyl sites for hydroxylation is 1. The third kappa shape index (κ3) is 5.85. The van der Waals surface area contributed by atoms with E-state index in [1.165, 1.54) is 13.2 Å². The predicted octanol–water partition coefficient (Wildman–Crippen LogP) is 0.923. The van der Waals surface area contributed by atoms with E-state index in [4.69, 9.17) is 4.74 Å². The Hall–Kier alpha value is -0.384. The summed E-state index contributed by atoms with van der Waals surface area (Å²) >= 11 is 1.87. The average molecular weight is 488 g/mol. The predicted molar refractivity (Wildman–Crippen MR) is 95.4 cm³/mol. The Morgan fingerprint density at radius 2 is 1.88 bits per heavy atom. The number of halogens is 1. The summed E-state index contributed by atoms with van der Waals surface area (Å²) in [4.78, 5) is 23.4. The first-order valence-electron chi connectivity index (χ1n) is 6.17. The molecule has 0 aliphatic heterocycles. The van der Waals surface area contributed by atoms with Crippen LogP contribution in [0.3, 0.4) is 0 Å². The maximum absolute atomic E-state index is 12.2. The summed E-state index contributed by atoms with van der Waals surface area (Å²) in [7, 11) is -2.65. The molecule has 1 radical (unpaired) electrons. The monoisotopic (exact) mass is 488 g/mol. The van der Waals surface area contributed by atoms with Gasteiger partial charge in [-0.1, -0.05) is 12.1 Å². The molecule has 2 N–H and O–H groups in total. The van der Waals surface area contributed by atoms with Crippen LogP contribution in [0.2, 0.25) is 0 Å². The van der Waals surface area contributed by atoms with E-state index >= 15 is 0 Å². The molecule has 0 aliphatic rings. The van der Waals surface area contributed by atoms with Crippen LogP contribution in [0.15, 0.2) is 29.2 Å².